The molecule has 0 radical (unpaired) electrons. The topological polar surface area (TPSA) is 57.9 Å². The maximum atomic E-state index is 9.71. The van der Waals surface area contributed by atoms with Crippen LogP contribution in [-0.2, 0) is 17.8 Å². The van der Waals surface area contributed by atoms with Crippen LogP contribution in [0.15, 0.2) is 0 Å². The monoisotopic (exact) mass is 315 g/mol. The normalized spacial score (nSPS) is 16.3. The summed E-state index contributed by atoms with van der Waals surface area (Å²) in [6, 6.07) is 2.39. The molecule has 0 saturated carbocycles. The predicted octanol–water partition coefficient (Wildman–Crippen LogP) is 4.39. The summed E-state index contributed by atoms with van der Waals surface area (Å²) in [7, 11) is 0. The van der Waals surface area contributed by atoms with E-state index in [-0.39, 0.29) is 5.60 Å². The molecular formula is C19H29N3O. The molecule has 0 bridgehead atoms. The first kappa shape index (κ1) is 17.7. The van der Waals surface area contributed by atoms with Crippen LogP contribution in [0.3, 0.4) is 0 Å². The molecule has 0 aliphatic carbocycles. The van der Waals surface area contributed by atoms with Gasteiger partial charge in [0.05, 0.1) is 23.5 Å². The SMILES string of the molecule is CC(C)CCNc1nc(C(C)C)c2c(c1C#N)CC(C)(C)OC2. The molecule has 1 aromatic heterocycles. The van der Waals surface area contributed by atoms with E-state index in [4.69, 9.17) is 9.72 Å². The number of hydrogen-bond donors (Lipinski definition) is 1. The van der Waals surface area contributed by atoms with Crippen LogP contribution in [-0.4, -0.2) is 17.1 Å². The molecular weight excluding hydrogens is 286 g/mol. The van der Waals surface area contributed by atoms with Gasteiger partial charge in [0.15, 0.2) is 0 Å². The minimum atomic E-state index is -0.233. The molecule has 0 unspecified atom stereocenters. The van der Waals surface area contributed by atoms with E-state index in [1.807, 2.05) is 0 Å². The van der Waals surface area contributed by atoms with E-state index >= 15 is 0 Å². The lowest BCUT2D eigenvalue weighted by Crippen LogP contribution is -2.33. The van der Waals surface area contributed by atoms with Crippen molar-refractivity contribution in [1.29, 1.82) is 5.26 Å². The Balaban J connectivity index is 2.47. The van der Waals surface area contributed by atoms with Gasteiger partial charge < -0.3 is 10.1 Å². The van der Waals surface area contributed by atoms with Gasteiger partial charge in [-0.3, -0.25) is 0 Å². The second-order valence-corrected chi connectivity index (χ2v) is 7.78. The van der Waals surface area contributed by atoms with Gasteiger partial charge in [-0.25, -0.2) is 4.98 Å². The second kappa shape index (κ2) is 6.88. The molecule has 1 N–H and O–H groups in total. The summed E-state index contributed by atoms with van der Waals surface area (Å²) in [4.78, 5) is 4.79. The van der Waals surface area contributed by atoms with Gasteiger partial charge >= 0.3 is 0 Å². The zero-order valence-electron chi connectivity index (χ0n) is 15.3. The summed E-state index contributed by atoms with van der Waals surface area (Å²) in [6.45, 7) is 14.2. The number of ether oxygens (including phenoxy) is 1. The van der Waals surface area contributed by atoms with E-state index in [9.17, 15) is 5.26 Å². The molecule has 4 heteroatoms. The van der Waals surface area contributed by atoms with Gasteiger partial charge in [0, 0.05) is 18.5 Å². The number of aromatic nitrogens is 1. The fourth-order valence-corrected chi connectivity index (χ4v) is 3.00. The van der Waals surface area contributed by atoms with E-state index in [0.29, 0.717) is 24.0 Å². The third kappa shape index (κ3) is 4.03. The van der Waals surface area contributed by atoms with Crippen molar-refractivity contribution in [2.24, 2.45) is 5.92 Å². The van der Waals surface area contributed by atoms with E-state index in [2.05, 4.69) is 52.9 Å². The van der Waals surface area contributed by atoms with E-state index in [1.54, 1.807) is 0 Å². The molecule has 1 aromatic rings. The van der Waals surface area contributed by atoms with E-state index in [0.717, 1.165) is 42.0 Å². The molecule has 0 aromatic carbocycles. The molecule has 1 aliphatic heterocycles. The first-order chi connectivity index (χ1) is 10.7. The summed E-state index contributed by atoms with van der Waals surface area (Å²) in [5, 5.41) is 13.1. The van der Waals surface area contributed by atoms with Crippen molar-refractivity contribution in [1.82, 2.24) is 4.98 Å². The highest BCUT2D eigenvalue weighted by Crippen LogP contribution is 2.36. The average Bonchev–Trinajstić information content (AvgIpc) is 2.44. The molecule has 0 fully saturated rings. The van der Waals surface area contributed by atoms with Crippen LogP contribution in [0.25, 0.3) is 0 Å². The predicted molar refractivity (Wildman–Crippen MR) is 93.6 cm³/mol. The molecule has 0 atom stereocenters. The average molecular weight is 315 g/mol. The number of nitrogens with one attached hydrogen (secondary N) is 1. The summed E-state index contributed by atoms with van der Waals surface area (Å²) < 4.78 is 5.96. The van der Waals surface area contributed by atoms with Gasteiger partial charge in [0.2, 0.25) is 0 Å². The summed E-state index contributed by atoms with van der Waals surface area (Å²) in [5.74, 6) is 1.68. The minimum Gasteiger partial charge on any atom is -0.370 e. The van der Waals surface area contributed by atoms with Gasteiger partial charge in [-0.1, -0.05) is 27.7 Å². The number of pyridine rings is 1. The number of nitrogens with zero attached hydrogens (tertiary/aromatic N) is 2. The molecule has 2 heterocycles. The maximum Gasteiger partial charge on any atom is 0.144 e. The fourth-order valence-electron chi connectivity index (χ4n) is 3.00. The van der Waals surface area contributed by atoms with Gasteiger partial charge in [-0.2, -0.15) is 5.26 Å². The lowest BCUT2D eigenvalue weighted by atomic mass is 9.86. The standard InChI is InChI=1S/C19H29N3O/c1-12(2)7-8-21-18-15(10-20)14-9-19(5,6)23-11-16(14)17(22-18)13(3)4/h12-13H,7-9,11H2,1-6H3,(H,21,22). The molecule has 0 saturated heterocycles. The van der Waals surface area contributed by atoms with Gasteiger partial charge in [-0.05, 0) is 37.7 Å². The van der Waals surface area contributed by atoms with Crippen molar-refractivity contribution >= 4 is 5.82 Å². The zero-order valence-corrected chi connectivity index (χ0v) is 15.3. The minimum absolute atomic E-state index is 0.233. The van der Waals surface area contributed by atoms with Crippen LogP contribution in [0.2, 0.25) is 0 Å². The molecule has 126 valence electrons. The van der Waals surface area contributed by atoms with Crippen molar-refractivity contribution in [2.45, 2.75) is 72.5 Å². The van der Waals surface area contributed by atoms with Crippen LogP contribution in [0.4, 0.5) is 5.82 Å². The third-order valence-corrected chi connectivity index (χ3v) is 4.33. The highest BCUT2D eigenvalue weighted by Gasteiger charge is 2.32. The zero-order chi connectivity index (χ0) is 17.2. The van der Waals surface area contributed by atoms with Crippen molar-refractivity contribution in [3.8, 4) is 6.07 Å². The lowest BCUT2D eigenvalue weighted by molar-refractivity contribution is -0.0407. The van der Waals surface area contributed by atoms with Gasteiger partial charge in [0.25, 0.3) is 0 Å². The van der Waals surface area contributed by atoms with Crippen LogP contribution < -0.4 is 5.32 Å². The van der Waals surface area contributed by atoms with Gasteiger partial charge in [-0.15, -0.1) is 0 Å². The van der Waals surface area contributed by atoms with Gasteiger partial charge in [0.1, 0.15) is 11.9 Å². The van der Waals surface area contributed by atoms with Crippen molar-refractivity contribution in [3.05, 3.63) is 22.4 Å². The number of anilines is 1. The number of fused-ring (bicyclic) bond motifs is 1. The first-order valence-corrected chi connectivity index (χ1v) is 8.58. The molecule has 4 nitrogen and oxygen atoms in total. The quantitative estimate of drug-likeness (QED) is 0.875. The summed E-state index contributed by atoms with van der Waals surface area (Å²) in [5.41, 5.74) is 3.76. The van der Waals surface area contributed by atoms with Crippen molar-refractivity contribution < 1.29 is 4.74 Å². The Morgan fingerprint density at radius 3 is 2.52 bits per heavy atom. The van der Waals surface area contributed by atoms with Crippen molar-refractivity contribution in [2.75, 3.05) is 11.9 Å². The third-order valence-electron chi connectivity index (χ3n) is 4.33. The van der Waals surface area contributed by atoms with E-state index in [1.165, 1.54) is 0 Å². The maximum absolute atomic E-state index is 9.71. The van der Waals surface area contributed by atoms with E-state index < -0.39 is 0 Å². The lowest BCUT2D eigenvalue weighted by Gasteiger charge is -2.34. The Labute approximate surface area is 140 Å². The van der Waals surface area contributed by atoms with Crippen molar-refractivity contribution in [3.63, 3.8) is 0 Å². The Kier molecular flexibility index (Phi) is 5.31. The number of nitriles is 1. The Morgan fingerprint density at radius 1 is 1.26 bits per heavy atom. The second-order valence-electron chi connectivity index (χ2n) is 7.78. The summed E-state index contributed by atoms with van der Waals surface area (Å²) >= 11 is 0. The number of hydrogen-bond acceptors (Lipinski definition) is 4. The highest BCUT2D eigenvalue weighted by molar-refractivity contribution is 5.60. The van der Waals surface area contributed by atoms with Crippen LogP contribution in [0.1, 0.15) is 76.3 Å². The molecule has 1 aliphatic rings. The van der Waals surface area contributed by atoms with Crippen LogP contribution >= 0.6 is 0 Å². The highest BCUT2D eigenvalue weighted by atomic mass is 16.5. The fraction of sp³-hybridized carbons (Fsp3) is 0.684. The largest absolute Gasteiger partial charge is 0.370 e. The molecule has 0 spiro atoms. The number of rotatable bonds is 5. The molecule has 2 rings (SSSR count). The smallest absolute Gasteiger partial charge is 0.144 e. The summed E-state index contributed by atoms with van der Waals surface area (Å²) in [6.07, 6.45) is 1.82. The molecule has 0 amide bonds. The Bertz CT molecular complexity index is 612. The van der Waals surface area contributed by atoms with Crippen LogP contribution in [0.5, 0.6) is 0 Å². The Hall–Kier alpha value is -1.60. The van der Waals surface area contributed by atoms with Crippen LogP contribution in [0, 0.1) is 17.2 Å². The first-order valence-electron chi connectivity index (χ1n) is 8.58. The molecule has 23 heavy (non-hydrogen) atoms. The Morgan fingerprint density at radius 2 is 1.96 bits per heavy atom.